The molecule has 2 rings (SSSR count). The molecule has 92 valence electrons. The molecule has 1 heterocycles. The van der Waals surface area contributed by atoms with Crippen molar-refractivity contribution in [3.63, 3.8) is 0 Å². The van der Waals surface area contributed by atoms with Crippen LogP contribution in [0.5, 0.6) is 5.75 Å². The summed E-state index contributed by atoms with van der Waals surface area (Å²) in [4.78, 5) is 0. The lowest BCUT2D eigenvalue weighted by Gasteiger charge is -2.08. The SMILES string of the molecule is CNCCc1cc(OC)c2oc(C)cc2c1Br. The van der Waals surface area contributed by atoms with Gasteiger partial charge in [0.1, 0.15) is 5.76 Å². The summed E-state index contributed by atoms with van der Waals surface area (Å²) in [7, 11) is 3.62. The fourth-order valence-electron chi connectivity index (χ4n) is 1.91. The molecule has 17 heavy (non-hydrogen) atoms. The van der Waals surface area contributed by atoms with Gasteiger partial charge in [0.15, 0.2) is 11.3 Å². The maximum absolute atomic E-state index is 5.66. The fraction of sp³-hybridized carbons (Fsp3) is 0.385. The third kappa shape index (κ3) is 2.33. The predicted octanol–water partition coefficient (Wildman–Crippen LogP) is 3.27. The molecular formula is C13H16BrNO2. The van der Waals surface area contributed by atoms with Crippen molar-refractivity contribution in [3.05, 3.63) is 27.9 Å². The van der Waals surface area contributed by atoms with Gasteiger partial charge < -0.3 is 14.5 Å². The standard InChI is InChI=1S/C13H16BrNO2/c1-8-6-10-12(14)9(4-5-15-2)7-11(16-3)13(10)17-8/h6-7,15H,4-5H2,1-3H3. The maximum Gasteiger partial charge on any atom is 0.177 e. The molecule has 0 atom stereocenters. The molecule has 0 amide bonds. The highest BCUT2D eigenvalue weighted by Crippen LogP contribution is 2.37. The highest BCUT2D eigenvalue weighted by Gasteiger charge is 2.14. The van der Waals surface area contributed by atoms with E-state index in [2.05, 4.69) is 21.2 Å². The molecular weight excluding hydrogens is 282 g/mol. The first-order chi connectivity index (χ1) is 8.17. The Balaban J connectivity index is 2.58. The quantitative estimate of drug-likeness (QED) is 0.940. The molecule has 0 spiro atoms. The number of hydrogen-bond acceptors (Lipinski definition) is 3. The van der Waals surface area contributed by atoms with Gasteiger partial charge in [-0.25, -0.2) is 0 Å². The summed E-state index contributed by atoms with van der Waals surface area (Å²) in [6.45, 7) is 2.88. The Morgan fingerprint density at radius 3 is 2.82 bits per heavy atom. The molecule has 0 aliphatic carbocycles. The molecule has 4 heteroatoms. The first kappa shape index (κ1) is 12.5. The van der Waals surface area contributed by atoms with Gasteiger partial charge in [-0.2, -0.15) is 0 Å². The molecule has 0 aliphatic rings. The Morgan fingerprint density at radius 2 is 2.18 bits per heavy atom. The number of ether oxygens (including phenoxy) is 1. The van der Waals surface area contributed by atoms with E-state index in [4.69, 9.17) is 9.15 Å². The molecule has 0 bridgehead atoms. The van der Waals surface area contributed by atoms with Crippen LogP contribution in [0.3, 0.4) is 0 Å². The lowest BCUT2D eigenvalue weighted by atomic mass is 10.1. The Labute approximate surface area is 109 Å². The molecule has 2 aromatic rings. The number of methoxy groups -OCH3 is 1. The van der Waals surface area contributed by atoms with Crippen LogP contribution in [0.15, 0.2) is 21.0 Å². The Morgan fingerprint density at radius 1 is 1.41 bits per heavy atom. The number of hydrogen-bond donors (Lipinski definition) is 1. The third-order valence-electron chi connectivity index (χ3n) is 2.77. The average molecular weight is 298 g/mol. The van der Waals surface area contributed by atoms with E-state index in [1.807, 2.05) is 26.1 Å². The van der Waals surface area contributed by atoms with Gasteiger partial charge in [-0.3, -0.25) is 0 Å². The monoisotopic (exact) mass is 297 g/mol. The zero-order chi connectivity index (χ0) is 12.4. The predicted molar refractivity (Wildman–Crippen MR) is 72.8 cm³/mol. The average Bonchev–Trinajstić information content (AvgIpc) is 2.71. The van der Waals surface area contributed by atoms with Crippen LogP contribution in [0.2, 0.25) is 0 Å². The van der Waals surface area contributed by atoms with Crippen molar-refractivity contribution >= 4 is 26.9 Å². The van der Waals surface area contributed by atoms with Gasteiger partial charge in [-0.1, -0.05) is 0 Å². The van der Waals surface area contributed by atoms with Crippen molar-refractivity contribution in [2.45, 2.75) is 13.3 Å². The number of nitrogens with one attached hydrogen (secondary N) is 1. The first-order valence-corrected chi connectivity index (χ1v) is 6.36. The van der Waals surface area contributed by atoms with Crippen LogP contribution >= 0.6 is 15.9 Å². The van der Waals surface area contributed by atoms with Crippen molar-refractivity contribution in [1.82, 2.24) is 5.32 Å². The van der Waals surface area contributed by atoms with Crippen LogP contribution in [-0.4, -0.2) is 20.7 Å². The second kappa shape index (κ2) is 5.10. The fourth-order valence-corrected chi connectivity index (χ4v) is 2.52. The second-order valence-electron chi connectivity index (χ2n) is 4.01. The van der Waals surface area contributed by atoms with Gasteiger partial charge in [0.25, 0.3) is 0 Å². The van der Waals surface area contributed by atoms with Crippen molar-refractivity contribution in [3.8, 4) is 5.75 Å². The third-order valence-corrected chi connectivity index (χ3v) is 3.70. The molecule has 0 saturated carbocycles. The summed E-state index contributed by atoms with van der Waals surface area (Å²) in [6.07, 6.45) is 0.952. The zero-order valence-corrected chi connectivity index (χ0v) is 11.8. The summed E-state index contributed by atoms with van der Waals surface area (Å²) in [5, 5.41) is 4.23. The maximum atomic E-state index is 5.66. The van der Waals surface area contributed by atoms with E-state index in [1.54, 1.807) is 7.11 Å². The van der Waals surface area contributed by atoms with Crippen molar-refractivity contribution in [2.24, 2.45) is 0 Å². The summed E-state index contributed by atoms with van der Waals surface area (Å²) >= 11 is 3.65. The Bertz CT molecular complexity index is 534. The van der Waals surface area contributed by atoms with Gasteiger partial charge >= 0.3 is 0 Å². The minimum atomic E-state index is 0.794. The van der Waals surface area contributed by atoms with Gasteiger partial charge in [0, 0.05) is 9.86 Å². The highest BCUT2D eigenvalue weighted by atomic mass is 79.9. The minimum absolute atomic E-state index is 0.794. The van der Waals surface area contributed by atoms with E-state index in [0.29, 0.717) is 0 Å². The normalized spacial score (nSPS) is 11.1. The van der Waals surface area contributed by atoms with E-state index in [1.165, 1.54) is 5.56 Å². The summed E-state index contributed by atoms with van der Waals surface area (Å²) < 4.78 is 12.1. The van der Waals surface area contributed by atoms with E-state index in [9.17, 15) is 0 Å². The number of furan rings is 1. The van der Waals surface area contributed by atoms with Crippen LogP contribution in [0, 0.1) is 6.92 Å². The van der Waals surface area contributed by atoms with Gasteiger partial charge in [-0.15, -0.1) is 0 Å². The van der Waals surface area contributed by atoms with Crippen LogP contribution in [0.1, 0.15) is 11.3 Å². The Kier molecular flexibility index (Phi) is 3.74. The van der Waals surface area contributed by atoms with Crippen LogP contribution in [0.25, 0.3) is 11.0 Å². The lowest BCUT2D eigenvalue weighted by Crippen LogP contribution is -2.10. The molecule has 0 aliphatic heterocycles. The molecule has 1 aromatic heterocycles. The first-order valence-electron chi connectivity index (χ1n) is 5.57. The molecule has 1 aromatic carbocycles. The van der Waals surface area contributed by atoms with Crippen molar-refractivity contribution in [2.75, 3.05) is 20.7 Å². The van der Waals surface area contributed by atoms with Crippen LogP contribution < -0.4 is 10.1 Å². The van der Waals surface area contributed by atoms with E-state index >= 15 is 0 Å². The van der Waals surface area contributed by atoms with Crippen molar-refractivity contribution < 1.29 is 9.15 Å². The molecule has 3 nitrogen and oxygen atoms in total. The summed E-state index contributed by atoms with van der Waals surface area (Å²) in [5.74, 6) is 1.69. The summed E-state index contributed by atoms with van der Waals surface area (Å²) in [6, 6.07) is 4.07. The molecule has 1 N–H and O–H groups in total. The number of benzene rings is 1. The summed E-state index contributed by atoms with van der Waals surface area (Å²) in [5.41, 5.74) is 2.04. The largest absolute Gasteiger partial charge is 0.493 e. The Hall–Kier alpha value is -1.00. The number of halogens is 1. The number of likely N-dealkylation sites (N-methyl/N-ethyl adjacent to an activating group) is 1. The molecule has 0 saturated heterocycles. The van der Waals surface area contributed by atoms with Gasteiger partial charge in [0.2, 0.25) is 0 Å². The van der Waals surface area contributed by atoms with E-state index in [0.717, 1.165) is 39.9 Å². The number of rotatable bonds is 4. The van der Waals surface area contributed by atoms with Gasteiger partial charge in [0.05, 0.1) is 7.11 Å². The molecule has 0 fully saturated rings. The van der Waals surface area contributed by atoms with Crippen molar-refractivity contribution in [1.29, 1.82) is 0 Å². The lowest BCUT2D eigenvalue weighted by molar-refractivity contribution is 0.408. The number of fused-ring (bicyclic) bond motifs is 1. The molecule has 0 radical (unpaired) electrons. The number of aryl methyl sites for hydroxylation is 1. The van der Waals surface area contributed by atoms with E-state index in [-0.39, 0.29) is 0 Å². The van der Waals surface area contributed by atoms with Crippen LogP contribution in [-0.2, 0) is 6.42 Å². The highest BCUT2D eigenvalue weighted by molar-refractivity contribution is 9.10. The zero-order valence-electron chi connectivity index (χ0n) is 10.3. The van der Waals surface area contributed by atoms with Crippen LogP contribution in [0.4, 0.5) is 0 Å². The smallest absolute Gasteiger partial charge is 0.177 e. The molecule has 0 unspecified atom stereocenters. The topological polar surface area (TPSA) is 34.4 Å². The van der Waals surface area contributed by atoms with E-state index < -0.39 is 0 Å². The van der Waals surface area contributed by atoms with Gasteiger partial charge in [-0.05, 0) is 60.6 Å². The minimum Gasteiger partial charge on any atom is -0.493 e. The second-order valence-corrected chi connectivity index (χ2v) is 4.80.